The van der Waals surface area contributed by atoms with Crippen LogP contribution in [0, 0.1) is 11.8 Å². The number of hydrogen-bond acceptors (Lipinski definition) is 6. The van der Waals surface area contributed by atoms with E-state index in [-0.39, 0.29) is 31.1 Å². The lowest BCUT2D eigenvalue weighted by Crippen LogP contribution is -2.30. The van der Waals surface area contributed by atoms with Gasteiger partial charge in [-0.05, 0) is 31.1 Å². The van der Waals surface area contributed by atoms with E-state index in [0.717, 1.165) is 69.6 Å². The van der Waals surface area contributed by atoms with Gasteiger partial charge in [0.2, 0.25) is 0 Å². The molecule has 6 nitrogen and oxygen atoms in total. The van der Waals surface area contributed by atoms with Crippen LogP contribution >= 0.6 is 0 Å². The first kappa shape index (κ1) is 59.4. The van der Waals surface area contributed by atoms with E-state index in [1.54, 1.807) is 0 Å². The normalized spacial score (nSPS) is 12.0. The monoisotopic (exact) mass is 863 g/mol. The van der Waals surface area contributed by atoms with Gasteiger partial charge in [0.15, 0.2) is 6.10 Å². The van der Waals surface area contributed by atoms with Crippen molar-refractivity contribution in [2.45, 2.75) is 310 Å². The number of carbonyl (C=O) groups excluding carboxylic acids is 3. The minimum Gasteiger partial charge on any atom is -0.462 e. The molecule has 0 rings (SSSR count). The van der Waals surface area contributed by atoms with E-state index < -0.39 is 6.10 Å². The van der Waals surface area contributed by atoms with Gasteiger partial charge in [-0.1, -0.05) is 266 Å². The first-order valence-corrected chi connectivity index (χ1v) is 27.2. The van der Waals surface area contributed by atoms with Crippen LogP contribution in [0.5, 0.6) is 0 Å². The Kier molecular flexibility index (Phi) is 46.6. The number of hydrogen-bond donors (Lipinski definition) is 0. The second-order valence-corrected chi connectivity index (χ2v) is 19.8. The van der Waals surface area contributed by atoms with Crippen molar-refractivity contribution in [3.63, 3.8) is 0 Å². The van der Waals surface area contributed by atoms with E-state index in [1.807, 2.05) is 0 Å². The number of esters is 3. The van der Waals surface area contributed by atoms with E-state index in [1.165, 1.54) is 193 Å². The summed E-state index contributed by atoms with van der Waals surface area (Å²) in [5, 5.41) is 0. The van der Waals surface area contributed by atoms with Crippen molar-refractivity contribution in [3.8, 4) is 0 Å². The second-order valence-electron chi connectivity index (χ2n) is 19.8. The molecule has 0 aromatic rings. The Bertz CT molecular complexity index is 931. The summed E-state index contributed by atoms with van der Waals surface area (Å²) in [6.07, 6.45) is 49.5. The average Bonchev–Trinajstić information content (AvgIpc) is 3.23. The maximum absolute atomic E-state index is 12.8. The minimum absolute atomic E-state index is 0.0635. The first-order valence-electron chi connectivity index (χ1n) is 27.2. The lowest BCUT2D eigenvalue weighted by Gasteiger charge is -2.18. The summed E-state index contributed by atoms with van der Waals surface area (Å²) in [6, 6.07) is 0. The Morgan fingerprint density at radius 2 is 0.541 bits per heavy atom. The van der Waals surface area contributed by atoms with E-state index in [9.17, 15) is 14.4 Å². The van der Waals surface area contributed by atoms with Crippen LogP contribution in [0.1, 0.15) is 304 Å². The lowest BCUT2D eigenvalue weighted by atomic mass is 10.0. The Morgan fingerprint density at radius 3 is 0.803 bits per heavy atom. The molecule has 0 aliphatic heterocycles. The highest BCUT2D eigenvalue weighted by Gasteiger charge is 2.19. The van der Waals surface area contributed by atoms with E-state index in [2.05, 4.69) is 34.6 Å². The molecule has 0 aromatic carbocycles. The van der Waals surface area contributed by atoms with Crippen molar-refractivity contribution in [1.82, 2.24) is 0 Å². The van der Waals surface area contributed by atoms with Crippen LogP contribution in [-0.2, 0) is 28.6 Å². The van der Waals surface area contributed by atoms with Gasteiger partial charge < -0.3 is 14.2 Å². The smallest absolute Gasteiger partial charge is 0.306 e. The molecule has 0 spiro atoms. The Hall–Kier alpha value is -1.59. The number of ether oxygens (including phenoxy) is 3. The van der Waals surface area contributed by atoms with Gasteiger partial charge in [-0.2, -0.15) is 0 Å². The van der Waals surface area contributed by atoms with Crippen molar-refractivity contribution in [2.24, 2.45) is 11.8 Å². The quantitative estimate of drug-likeness (QED) is 0.0344. The van der Waals surface area contributed by atoms with Crippen molar-refractivity contribution in [1.29, 1.82) is 0 Å². The molecule has 0 unspecified atom stereocenters. The van der Waals surface area contributed by atoms with Crippen molar-refractivity contribution < 1.29 is 28.6 Å². The molecule has 0 saturated heterocycles. The zero-order valence-corrected chi connectivity index (χ0v) is 41.8. The zero-order chi connectivity index (χ0) is 44.7. The van der Waals surface area contributed by atoms with E-state index >= 15 is 0 Å². The molecule has 0 N–H and O–H groups in total. The predicted octanol–water partition coefficient (Wildman–Crippen LogP) is 17.7. The van der Waals surface area contributed by atoms with Gasteiger partial charge in [-0.3, -0.25) is 14.4 Å². The lowest BCUT2D eigenvalue weighted by molar-refractivity contribution is -0.167. The first-order chi connectivity index (χ1) is 29.7. The van der Waals surface area contributed by atoms with Gasteiger partial charge in [0.1, 0.15) is 13.2 Å². The summed E-state index contributed by atoms with van der Waals surface area (Å²) >= 11 is 0. The van der Waals surface area contributed by atoms with Crippen LogP contribution in [0.4, 0.5) is 0 Å². The summed E-state index contributed by atoms with van der Waals surface area (Å²) in [5.74, 6) is 0.801. The fourth-order valence-corrected chi connectivity index (χ4v) is 8.34. The predicted molar refractivity (Wildman–Crippen MR) is 261 cm³/mol. The second kappa shape index (κ2) is 47.9. The third-order valence-electron chi connectivity index (χ3n) is 12.5. The van der Waals surface area contributed by atoms with E-state index in [4.69, 9.17) is 14.2 Å². The van der Waals surface area contributed by atoms with Crippen molar-refractivity contribution >= 4 is 17.9 Å². The van der Waals surface area contributed by atoms with Crippen molar-refractivity contribution in [3.05, 3.63) is 0 Å². The maximum Gasteiger partial charge on any atom is 0.306 e. The third-order valence-corrected chi connectivity index (χ3v) is 12.5. The highest BCUT2D eigenvalue weighted by Crippen LogP contribution is 2.18. The summed E-state index contributed by atoms with van der Waals surface area (Å²) in [6.45, 7) is 11.4. The van der Waals surface area contributed by atoms with Crippen LogP contribution in [0.25, 0.3) is 0 Å². The van der Waals surface area contributed by atoms with Crippen LogP contribution in [0.15, 0.2) is 0 Å². The molecule has 0 aliphatic carbocycles. The van der Waals surface area contributed by atoms with Gasteiger partial charge in [0, 0.05) is 19.3 Å². The highest BCUT2D eigenvalue weighted by atomic mass is 16.6. The summed E-state index contributed by atoms with van der Waals surface area (Å²) in [7, 11) is 0. The molecular formula is C55H106O6. The van der Waals surface area contributed by atoms with Gasteiger partial charge >= 0.3 is 17.9 Å². The largest absolute Gasteiger partial charge is 0.462 e. The van der Waals surface area contributed by atoms with Crippen molar-refractivity contribution in [2.75, 3.05) is 13.2 Å². The zero-order valence-electron chi connectivity index (χ0n) is 41.8. The third kappa shape index (κ3) is 49.3. The molecule has 1 atom stereocenters. The van der Waals surface area contributed by atoms with Crippen LogP contribution in [-0.4, -0.2) is 37.2 Å². The maximum atomic E-state index is 12.8. The molecule has 362 valence electrons. The molecule has 61 heavy (non-hydrogen) atoms. The highest BCUT2D eigenvalue weighted by molar-refractivity contribution is 5.71. The summed E-state index contributed by atoms with van der Waals surface area (Å²) in [5.41, 5.74) is 0. The molecule has 0 saturated carbocycles. The van der Waals surface area contributed by atoms with Gasteiger partial charge in [0.05, 0.1) is 0 Å². The molecule has 0 aromatic heterocycles. The fourth-order valence-electron chi connectivity index (χ4n) is 8.34. The SMILES string of the molecule is CCCCCCCCCCCCCCCCCCC(=O)O[C@@H](COC(=O)CCCCCCCCCCCCCC(C)C)COC(=O)CCCCCCCCCCCCC(C)C. The standard InChI is InChI=1S/C55H106O6/c1-6-7-8-9-10-11-12-13-14-15-16-19-27-32-37-42-47-55(58)61-52(49-60-54(57)46-41-36-31-26-22-21-24-29-34-39-44-51(4)5)48-59-53(56)45-40-35-30-25-20-17-18-23-28-33-38-43-50(2)3/h50-52H,6-49H2,1-5H3/t52-/m0/s1. The average molecular weight is 863 g/mol. The molecule has 6 heteroatoms. The molecule has 0 heterocycles. The van der Waals surface area contributed by atoms with Gasteiger partial charge in [0.25, 0.3) is 0 Å². The Morgan fingerprint density at radius 1 is 0.311 bits per heavy atom. The van der Waals surface area contributed by atoms with Gasteiger partial charge in [-0.15, -0.1) is 0 Å². The number of unbranched alkanes of at least 4 members (excludes halogenated alkanes) is 34. The molecule has 0 bridgehead atoms. The van der Waals surface area contributed by atoms with Crippen LogP contribution in [0.2, 0.25) is 0 Å². The molecular weight excluding hydrogens is 757 g/mol. The summed E-state index contributed by atoms with van der Waals surface area (Å²) < 4.78 is 16.8. The number of carbonyl (C=O) groups is 3. The van der Waals surface area contributed by atoms with Crippen LogP contribution in [0.3, 0.4) is 0 Å². The summed E-state index contributed by atoms with van der Waals surface area (Å²) in [4.78, 5) is 38.0. The fraction of sp³-hybridized carbons (Fsp3) is 0.945. The minimum atomic E-state index is -0.762. The molecule has 0 fully saturated rings. The number of rotatable bonds is 49. The Labute approximate surface area is 380 Å². The molecule has 0 amide bonds. The van der Waals surface area contributed by atoms with Gasteiger partial charge in [-0.25, -0.2) is 0 Å². The molecule has 0 radical (unpaired) electrons. The van der Waals surface area contributed by atoms with Crippen LogP contribution < -0.4 is 0 Å². The molecule has 0 aliphatic rings. The topological polar surface area (TPSA) is 78.9 Å². The Balaban J connectivity index is 4.31. The van der Waals surface area contributed by atoms with E-state index in [0.29, 0.717) is 19.3 Å².